The Labute approximate surface area is 122 Å². The van der Waals surface area contributed by atoms with E-state index < -0.39 is 0 Å². The van der Waals surface area contributed by atoms with Crippen molar-refractivity contribution in [1.82, 2.24) is 4.90 Å². The number of anilines is 1. The Kier molecular flexibility index (Phi) is 3.99. The molecule has 1 N–H and O–H groups in total. The van der Waals surface area contributed by atoms with Crippen LogP contribution in [-0.4, -0.2) is 49.3 Å². The number of para-hydroxylation sites is 1. The molecule has 3 rings (SSSR count). The maximum atomic E-state index is 9.62. The fourth-order valence-electron chi connectivity index (χ4n) is 3.68. The van der Waals surface area contributed by atoms with Gasteiger partial charge in [-0.3, -0.25) is 0 Å². The van der Waals surface area contributed by atoms with Crippen LogP contribution in [0.25, 0.3) is 0 Å². The molecule has 2 aliphatic rings. The van der Waals surface area contributed by atoms with Gasteiger partial charge in [-0.1, -0.05) is 24.6 Å². The number of rotatable bonds is 5. The third-order valence-electron chi connectivity index (χ3n) is 5.24. The van der Waals surface area contributed by atoms with Crippen molar-refractivity contribution >= 4 is 5.69 Å². The van der Waals surface area contributed by atoms with Gasteiger partial charge in [-0.2, -0.15) is 0 Å². The van der Waals surface area contributed by atoms with Crippen LogP contribution in [0.4, 0.5) is 5.69 Å². The Morgan fingerprint density at radius 3 is 2.65 bits per heavy atom. The molecule has 3 nitrogen and oxygen atoms in total. The zero-order valence-electron chi connectivity index (χ0n) is 12.5. The first-order valence-electron chi connectivity index (χ1n) is 7.84. The van der Waals surface area contributed by atoms with E-state index in [0.717, 1.165) is 19.6 Å². The van der Waals surface area contributed by atoms with E-state index in [4.69, 9.17) is 0 Å². The predicted molar refractivity (Wildman–Crippen MR) is 83.1 cm³/mol. The molecule has 1 atom stereocenters. The normalized spacial score (nSPS) is 24.9. The number of hydrogen-bond acceptors (Lipinski definition) is 3. The van der Waals surface area contributed by atoms with Crippen molar-refractivity contribution in [2.75, 3.05) is 38.2 Å². The molecule has 0 radical (unpaired) electrons. The van der Waals surface area contributed by atoms with Crippen LogP contribution >= 0.6 is 0 Å². The van der Waals surface area contributed by atoms with Gasteiger partial charge in [0.15, 0.2) is 0 Å². The molecule has 0 bridgehead atoms. The zero-order valence-corrected chi connectivity index (χ0v) is 12.5. The van der Waals surface area contributed by atoms with Gasteiger partial charge in [0, 0.05) is 43.4 Å². The van der Waals surface area contributed by atoms with Crippen LogP contribution in [0.15, 0.2) is 30.3 Å². The highest BCUT2D eigenvalue weighted by Crippen LogP contribution is 2.41. The molecule has 0 spiro atoms. The average Bonchev–Trinajstić information content (AvgIpc) is 2.93. The van der Waals surface area contributed by atoms with Gasteiger partial charge in [-0.15, -0.1) is 0 Å². The van der Waals surface area contributed by atoms with Crippen molar-refractivity contribution in [2.24, 2.45) is 5.41 Å². The van der Waals surface area contributed by atoms with Crippen LogP contribution in [0.3, 0.4) is 0 Å². The highest BCUT2D eigenvalue weighted by atomic mass is 16.3. The summed E-state index contributed by atoms with van der Waals surface area (Å²) >= 11 is 0. The van der Waals surface area contributed by atoms with Crippen LogP contribution in [0, 0.1) is 5.41 Å². The van der Waals surface area contributed by atoms with Crippen LogP contribution in [0.5, 0.6) is 0 Å². The van der Waals surface area contributed by atoms with Crippen molar-refractivity contribution in [3.05, 3.63) is 30.3 Å². The molecule has 2 fully saturated rings. The summed E-state index contributed by atoms with van der Waals surface area (Å²) in [7, 11) is 2.23. The SMILES string of the molecule is CN(CC1(CO)CCC1)C1CCN(c2ccccc2)C1. The van der Waals surface area contributed by atoms with E-state index in [0.29, 0.717) is 12.6 Å². The van der Waals surface area contributed by atoms with Crippen molar-refractivity contribution in [1.29, 1.82) is 0 Å². The van der Waals surface area contributed by atoms with Crippen molar-refractivity contribution in [3.8, 4) is 0 Å². The molecule has 0 aromatic heterocycles. The van der Waals surface area contributed by atoms with Crippen molar-refractivity contribution < 1.29 is 5.11 Å². The number of benzene rings is 1. The van der Waals surface area contributed by atoms with Gasteiger partial charge in [0.1, 0.15) is 0 Å². The lowest BCUT2D eigenvalue weighted by Gasteiger charge is -2.44. The number of aliphatic hydroxyl groups excluding tert-OH is 1. The minimum Gasteiger partial charge on any atom is -0.396 e. The summed E-state index contributed by atoms with van der Waals surface area (Å²) in [6, 6.07) is 11.3. The third-order valence-corrected chi connectivity index (χ3v) is 5.24. The molecular formula is C17H26N2O. The van der Waals surface area contributed by atoms with E-state index >= 15 is 0 Å². The van der Waals surface area contributed by atoms with Crippen LogP contribution in [0.2, 0.25) is 0 Å². The Balaban J connectivity index is 1.57. The van der Waals surface area contributed by atoms with Gasteiger partial charge in [-0.05, 0) is 38.4 Å². The van der Waals surface area contributed by atoms with E-state index in [1.54, 1.807) is 0 Å². The summed E-state index contributed by atoms with van der Waals surface area (Å²) in [4.78, 5) is 4.96. The summed E-state index contributed by atoms with van der Waals surface area (Å²) in [6.07, 6.45) is 4.91. The van der Waals surface area contributed by atoms with E-state index in [9.17, 15) is 5.11 Å². The minimum atomic E-state index is 0.203. The quantitative estimate of drug-likeness (QED) is 0.893. The van der Waals surface area contributed by atoms with Gasteiger partial charge in [0.2, 0.25) is 0 Å². The first-order valence-corrected chi connectivity index (χ1v) is 7.84. The standard InChI is InChI=1S/C17H26N2O/c1-18(13-17(14-20)9-5-10-17)16-8-11-19(12-16)15-6-3-2-4-7-15/h2-4,6-7,16,20H,5,8-14H2,1H3. The topological polar surface area (TPSA) is 26.7 Å². The number of aliphatic hydroxyl groups is 1. The molecule has 1 saturated carbocycles. The highest BCUT2D eigenvalue weighted by molar-refractivity contribution is 5.47. The Hall–Kier alpha value is -1.06. The lowest BCUT2D eigenvalue weighted by atomic mass is 9.69. The second kappa shape index (κ2) is 5.74. The molecule has 1 aromatic carbocycles. The minimum absolute atomic E-state index is 0.203. The molecule has 110 valence electrons. The maximum absolute atomic E-state index is 9.62. The second-order valence-corrected chi connectivity index (χ2v) is 6.65. The van der Waals surface area contributed by atoms with Crippen LogP contribution < -0.4 is 4.90 Å². The lowest BCUT2D eigenvalue weighted by Crippen LogP contribution is -2.47. The summed E-state index contributed by atoms with van der Waals surface area (Å²) in [6.45, 7) is 3.66. The van der Waals surface area contributed by atoms with Crippen molar-refractivity contribution in [2.45, 2.75) is 31.7 Å². The first kappa shape index (κ1) is 13.9. The average molecular weight is 274 g/mol. The van der Waals surface area contributed by atoms with Gasteiger partial charge < -0.3 is 14.9 Å². The van der Waals surface area contributed by atoms with E-state index in [1.165, 1.54) is 31.4 Å². The molecule has 0 amide bonds. The number of likely N-dealkylation sites (N-methyl/N-ethyl adjacent to an activating group) is 1. The molecule has 1 unspecified atom stereocenters. The Morgan fingerprint density at radius 1 is 1.30 bits per heavy atom. The zero-order chi connectivity index (χ0) is 14.0. The predicted octanol–water partition coefficient (Wildman–Crippen LogP) is 2.36. The van der Waals surface area contributed by atoms with Gasteiger partial charge in [0.05, 0.1) is 0 Å². The molecule has 1 saturated heterocycles. The molecule has 3 heteroatoms. The first-order chi connectivity index (χ1) is 9.72. The second-order valence-electron chi connectivity index (χ2n) is 6.65. The summed E-state index contributed by atoms with van der Waals surface area (Å²) in [5.41, 5.74) is 1.54. The fourth-order valence-corrected chi connectivity index (χ4v) is 3.68. The third kappa shape index (κ3) is 2.70. The van der Waals surface area contributed by atoms with E-state index in [2.05, 4.69) is 47.2 Å². The summed E-state index contributed by atoms with van der Waals surface area (Å²) in [5, 5.41) is 9.62. The smallest absolute Gasteiger partial charge is 0.0499 e. The van der Waals surface area contributed by atoms with Gasteiger partial charge in [0.25, 0.3) is 0 Å². The number of nitrogens with zero attached hydrogens (tertiary/aromatic N) is 2. The van der Waals surface area contributed by atoms with E-state index in [1.807, 2.05) is 0 Å². The molecule has 1 aromatic rings. The summed E-state index contributed by atoms with van der Waals surface area (Å²) in [5.74, 6) is 0. The monoisotopic (exact) mass is 274 g/mol. The Bertz CT molecular complexity index is 424. The van der Waals surface area contributed by atoms with E-state index in [-0.39, 0.29) is 5.41 Å². The number of hydrogen-bond donors (Lipinski definition) is 1. The van der Waals surface area contributed by atoms with Crippen LogP contribution in [0.1, 0.15) is 25.7 Å². The summed E-state index contributed by atoms with van der Waals surface area (Å²) < 4.78 is 0. The lowest BCUT2D eigenvalue weighted by molar-refractivity contribution is 0.00603. The molecule has 20 heavy (non-hydrogen) atoms. The molecule has 1 aliphatic heterocycles. The molecular weight excluding hydrogens is 248 g/mol. The fraction of sp³-hybridized carbons (Fsp3) is 0.647. The van der Waals surface area contributed by atoms with Gasteiger partial charge >= 0.3 is 0 Å². The molecule has 1 heterocycles. The maximum Gasteiger partial charge on any atom is 0.0499 e. The Morgan fingerprint density at radius 2 is 2.05 bits per heavy atom. The molecule has 1 aliphatic carbocycles. The van der Waals surface area contributed by atoms with Crippen LogP contribution in [-0.2, 0) is 0 Å². The van der Waals surface area contributed by atoms with Gasteiger partial charge in [-0.25, -0.2) is 0 Å². The largest absolute Gasteiger partial charge is 0.396 e. The van der Waals surface area contributed by atoms with Crippen molar-refractivity contribution in [3.63, 3.8) is 0 Å². The highest BCUT2D eigenvalue weighted by Gasteiger charge is 2.39.